The lowest BCUT2D eigenvalue weighted by molar-refractivity contribution is -0.0115. The van der Waals surface area contributed by atoms with Crippen LogP contribution in [0.2, 0.25) is 0 Å². The number of anilines is 3. The molecule has 4 N–H and O–H groups in total. The highest BCUT2D eigenvalue weighted by atomic mass is 19.1. The quantitative estimate of drug-likeness (QED) is 0.213. The first-order valence-electron chi connectivity index (χ1n) is 16.8. The zero-order valence-corrected chi connectivity index (χ0v) is 29.3. The molecule has 0 saturated carbocycles. The Hall–Kier alpha value is -4.88. The second kappa shape index (κ2) is 18.2. The van der Waals surface area contributed by atoms with Crippen LogP contribution in [0.3, 0.4) is 0 Å². The zero-order chi connectivity index (χ0) is 36.2. The number of benzene rings is 3. The van der Waals surface area contributed by atoms with Crippen molar-refractivity contribution in [2.45, 2.75) is 58.3 Å². The van der Waals surface area contributed by atoms with Gasteiger partial charge < -0.3 is 45.1 Å². The number of nitrogens with zero attached hydrogens (tertiary/aromatic N) is 2. The molecular formula is C37H48FN5O7. The van der Waals surface area contributed by atoms with Crippen LogP contribution in [-0.2, 0) is 4.74 Å². The standard InChI is InChI=1S/C37H48FN5O7/c1-24-21-43(25(2)23-44)35(45)32-20-30(40-36(46)39-28-13-16-31(48-5)17-14-28)15-18-33(32)50-26(3)8-6-7-19-49-34(24)22-42(4)37(47)41-29-11-9-27(38)10-12-29/h9-18,20,24-26,34,44H,6-8,19,21-23H2,1-5H3,(H,41,47)(H2,39,40,46)/t24-,25-,26-,34+/m0/s1. The summed E-state index contributed by atoms with van der Waals surface area (Å²) in [4.78, 5) is 43.4. The molecule has 12 nitrogen and oxygen atoms in total. The van der Waals surface area contributed by atoms with Crippen LogP contribution in [0.25, 0.3) is 0 Å². The summed E-state index contributed by atoms with van der Waals surface area (Å²) < 4.78 is 31.1. The minimum Gasteiger partial charge on any atom is -0.497 e. The Kier molecular flexibility index (Phi) is 13.8. The largest absolute Gasteiger partial charge is 0.497 e. The van der Waals surface area contributed by atoms with Crippen LogP contribution in [0.5, 0.6) is 11.5 Å². The molecule has 0 unspecified atom stereocenters. The van der Waals surface area contributed by atoms with Crippen LogP contribution in [0, 0.1) is 11.7 Å². The Morgan fingerprint density at radius 1 is 1.00 bits per heavy atom. The van der Waals surface area contributed by atoms with Crippen LogP contribution in [0.15, 0.2) is 66.7 Å². The number of fused-ring (bicyclic) bond motifs is 1. The maximum absolute atomic E-state index is 14.4. The van der Waals surface area contributed by atoms with E-state index in [1.807, 2.05) is 13.8 Å². The molecule has 0 aliphatic carbocycles. The predicted octanol–water partition coefficient (Wildman–Crippen LogP) is 6.44. The number of likely N-dealkylation sites (N-methyl/N-ethyl adjacent to an activating group) is 1. The first-order valence-corrected chi connectivity index (χ1v) is 16.8. The van der Waals surface area contributed by atoms with Gasteiger partial charge in [0.15, 0.2) is 0 Å². The van der Waals surface area contributed by atoms with E-state index in [-0.39, 0.29) is 43.3 Å². The Morgan fingerprint density at radius 3 is 2.32 bits per heavy atom. The lowest BCUT2D eigenvalue weighted by Gasteiger charge is -2.35. The van der Waals surface area contributed by atoms with Gasteiger partial charge in [0.1, 0.15) is 17.3 Å². The summed E-state index contributed by atoms with van der Waals surface area (Å²) in [5.41, 5.74) is 1.62. The van der Waals surface area contributed by atoms with Crippen LogP contribution in [0.1, 0.15) is 50.4 Å². The highest BCUT2D eigenvalue weighted by molar-refractivity contribution is 6.02. The molecule has 0 bridgehead atoms. The molecule has 0 radical (unpaired) electrons. The first kappa shape index (κ1) is 37.9. The van der Waals surface area contributed by atoms with Crippen LogP contribution >= 0.6 is 0 Å². The van der Waals surface area contributed by atoms with Gasteiger partial charge in [0.25, 0.3) is 5.91 Å². The summed E-state index contributed by atoms with van der Waals surface area (Å²) in [7, 11) is 3.21. The number of rotatable bonds is 8. The number of nitrogens with one attached hydrogen (secondary N) is 3. The Labute approximate surface area is 292 Å². The highest BCUT2D eigenvalue weighted by Gasteiger charge is 2.31. The molecule has 3 aromatic carbocycles. The molecule has 50 heavy (non-hydrogen) atoms. The number of aliphatic hydroxyl groups excluding tert-OH is 1. The van der Waals surface area contributed by atoms with Crippen molar-refractivity contribution in [3.05, 3.63) is 78.1 Å². The minimum atomic E-state index is -0.571. The van der Waals surface area contributed by atoms with Crippen molar-refractivity contribution in [2.75, 3.05) is 56.4 Å². The SMILES string of the molecule is COc1ccc(NC(=O)Nc2ccc3c(c2)C(=O)N([C@@H](C)CO)C[C@H](C)[C@@H](CN(C)C(=O)Nc2ccc(F)cc2)OCCCC[C@H](C)O3)cc1. The summed E-state index contributed by atoms with van der Waals surface area (Å²) >= 11 is 0. The fourth-order valence-corrected chi connectivity index (χ4v) is 5.54. The number of ether oxygens (including phenoxy) is 3. The van der Waals surface area contributed by atoms with Crippen molar-refractivity contribution in [3.8, 4) is 11.5 Å². The lowest BCUT2D eigenvalue weighted by Crippen LogP contribution is -2.48. The van der Waals surface area contributed by atoms with Gasteiger partial charge in [-0.1, -0.05) is 6.92 Å². The van der Waals surface area contributed by atoms with Crippen molar-refractivity contribution in [1.82, 2.24) is 9.80 Å². The maximum atomic E-state index is 14.4. The van der Waals surface area contributed by atoms with E-state index in [1.165, 1.54) is 29.2 Å². The zero-order valence-electron chi connectivity index (χ0n) is 29.3. The summed E-state index contributed by atoms with van der Waals surface area (Å²) in [5.74, 6) is -0.0349. The molecule has 4 atom stereocenters. The van der Waals surface area contributed by atoms with E-state index in [0.717, 1.165) is 12.8 Å². The maximum Gasteiger partial charge on any atom is 0.323 e. The number of carbonyl (C=O) groups excluding carboxylic acids is 3. The highest BCUT2D eigenvalue weighted by Crippen LogP contribution is 2.29. The number of hydrogen-bond donors (Lipinski definition) is 4. The van der Waals surface area contributed by atoms with Crippen molar-refractivity contribution < 1.29 is 38.1 Å². The van der Waals surface area contributed by atoms with Gasteiger partial charge in [-0.2, -0.15) is 0 Å². The third kappa shape index (κ3) is 10.8. The third-order valence-electron chi connectivity index (χ3n) is 8.55. The predicted molar refractivity (Wildman–Crippen MR) is 191 cm³/mol. The number of urea groups is 2. The summed E-state index contributed by atoms with van der Waals surface area (Å²) in [6.45, 7) is 6.19. The Bertz CT molecular complexity index is 1570. The Balaban J connectivity index is 1.56. The van der Waals surface area contributed by atoms with Crippen molar-refractivity contribution in [1.29, 1.82) is 0 Å². The van der Waals surface area contributed by atoms with E-state index >= 15 is 0 Å². The van der Waals surface area contributed by atoms with Gasteiger partial charge in [0.2, 0.25) is 0 Å². The summed E-state index contributed by atoms with van der Waals surface area (Å²) in [5, 5.41) is 18.6. The van der Waals surface area contributed by atoms with Gasteiger partial charge in [-0.3, -0.25) is 4.79 Å². The molecule has 1 aliphatic rings. The van der Waals surface area contributed by atoms with Crippen LogP contribution in [-0.4, -0.2) is 91.6 Å². The van der Waals surface area contributed by atoms with Gasteiger partial charge in [-0.25, -0.2) is 14.0 Å². The third-order valence-corrected chi connectivity index (χ3v) is 8.55. The van der Waals surface area contributed by atoms with Gasteiger partial charge >= 0.3 is 12.1 Å². The average molecular weight is 694 g/mol. The van der Waals surface area contributed by atoms with Crippen molar-refractivity contribution >= 4 is 35.0 Å². The molecule has 0 saturated heterocycles. The number of hydrogen-bond acceptors (Lipinski definition) is 7. The second-order valence-electron chi connectivity index (χ2n) is 12.6. The number of halogens is 1. The fraction of sp³-hybridized carbons (Fsp3) is 0.432. The number of methoxy groups -OCH3 is 1. The number of aliphatic hydroxyl groups is 1. The molecule has 13 heteroatoms. The smallest absolute Gasteiger partial charge is 0.323 e. The molecule has 5 amide bonds. The Morgan fingerprint density at radius 2 is 1.64 bits per heavy atom. The number of amides is 5. The van der Waals surface area contributed by atoms with E-state index in [2.05, 4.69) is 16.0 Å². The summed E-state index contributed by atoms with van der Waals surface area (Å²) in [6, 6.07) is 15.9. The van der Waals surface area contributed by atoms with E-state index in [4.69, 9.17) is 14.2 Å². The molecule has 1 aliphatic heterocycles. The molecule has 0 fully saturated rings. The summed E-state index contributed by atoms with van der Waals surface area (Å²) in [6.07, 6.45) is 1.60. The van der Waals surface area contributed by atoms with E-state index < -0.39 is 29.9 Å². The normalized spacial score (nSPS) is 19.2. The van der Waals surface area contributed by atoms with Gasteiger partial charge in [-0.15, -0.1) is 0 Å². The van der Waals surface area contributed by atoms with Crippen molar-refractivity contribution in [3.63, 3.8) is 0 Å². The van der Waals surface area contributed by atoms with Crippen LogP contribution < -0.4 is 25.4 Å². The second-order valence-corrected chi connectivity index (χ2v) is 12.6. The minimum absolute atomic E-state index is 0.198. The molecule has 0 spiro atoms. The molecule has 0 aromatic heterocycles. The molecular weight excluding hydrogens is 645 g/mol. The molecule has 3 aromatic rings. The average Bonchev–Trinajstić information content (AvgIpc) is 3.10. The van der Waals surface area contributed by atoms with E-state index in [1.54, 1.807) is 68.4 Å². The van der Waals surface area contributed by atoms with E-state index in [0.29, 0.717) is 41.6 Å². The topological polar surface area (TPSA) is 142 Å². The van der Waals surface area contributed by atoms with E-state index in [9.17, 15) is 23.9 Å². The van der Waals surface area contributed by atoms with Crippen LogP contribution in [0.4, 0.5) is 31.0 Å². The molecule has 1 heterocycles. The number of carbonyl (C=O) groups is 3. The lowest BCUT2D eigenvalue weighted by atomic mass is 10.0. The monoisotopic (exact) mass is 693 g/mol. The van der Waals surface area contributed by atoms with Gasteiger partial charge in [-0.05, 0) is 99.8 Å². The van der Waals surface area contributed by atoms with Crippen molar-refractivity contribution in [2.24, 2.45) is 5.92 Å². The molecule has 4 rings (SSSR count). The van der Waals surface area contributed by atoms with Gasteiger partial charge in [0.05, 0.1) is 37.5 Å². The molecule has 270 valence electrons. The first-order chi connectivity index (χ1) is 24.0. The van der Waals surface area contributed by atoms with Gasteiger partial charge in [0, 0.05) is 49.7 Å². The fourth-order valence-electron chi connectivity index (χ4n) is 5.54.